The second-order valence-corrected chi connectivity index (χ2v) is 4.05. The molecule has 0 aliphatic carbocycles. The number of aromatic nitrogens is 1. The van der Waals surface area contributed by atoms with Crippen molar-refractivity contribution in [1.29, 1.82) is 0 Å². The third kappa shape index (κ3) is 3.47. The standard InChI is InChI=1S/C12H20N2O2/c1-10(2)14(6-3-7-15)12-5-4-11(9-16)8-13-12/h4-5,8,10,15-16H,3,6-7,9H2,1-2H3. The summed E-state index contributed by atoms with van der Waals surface area (Å²) >= 11 is 0. The van der Waals surface area contributed by atoms with Crippen LogP contribution in [0.25, 0.3) is 0 Å². The molecule has 0 aromatic carbocycles. The van der Waals surface area contributed by atoms with Gasteiger partial charge in [-0.05, 0) is 31.9 Å². The first kappa shape index (κ1) is 12.9. The van der Waals surface area contributed by atoms with Gasteiger partial charge in [0.05, 0.1) is 6.61 Å². The Labute approximate surface area is 96.6 Å². The van der Waals surface area contributed by atoms with Gasteiger partial charge in [0.1, 0.15) is 5.82 Å². The van der Waals surface area contributed by atoms with E-state index in [0.29, 0.717) is 6.04 Å². The van der Waals surface area contributed by atoms with Crippen molar-refractivity contribution in [3.8, 4) is 0 Å². The van der Waals surface area contributed by atoms with Crippen LogP contribution in [-0.4, -0.2) is 34.4 Å². The molecule has 1 heterocycles. The van der Waals surface area contributed by atoms with Gasteiger partial charge in [0.25, 0.3) is 0 Å². The second kappa shape index (κ2) is 6.45. The molecular formula is C12H20N2O2. The zero-order valence-electron chi connectivity index (χ0n) is 9.93. The molecule has 0 bridgehead atoms. The Morgan fingerprint density at radius 1 is 1.31 bits per heavy atom. The number of aliphatic hydroxyl groups excluding tert-OH is 2. The van der Waals surface area contributed by atoms with E-state index in [1.807, 2.05) is 12.1 Å². The Balaban J connectivity index is 2.75. The van der Waals surface area contributed by atoms with E-state index in [0.717, 1.165) is 24.3 Å². The molecule has 0 fully saturated rings. The topological polar surface area (TPSA) is 56.6 Å². The van der Waals surface area contributed by atoms with Crippen LogP contribution >= 0.6 is 0 Å². The van der Waals surface area contributed by atoms with Crippen LogP contribution in [-0.2, 0) is 6.61 Å². The monoisotopic (exact) mass is 224 g/mol. The Bertz CT molecular complexity index is 298. The third-order valence-corrected chi connectivity index (χ3v) is 2.47. The number of hydrogen-bond donors (Lipinski definition) is 2. The molecule has 0 aliphatic heterocycles. The van der Waals surface area contributed by atoms with Crippen LogP contribution in [0.4, 0.5) is 5.82 Å². The number of hydrogen-bond acceptors (Lipinski definition) is 4. The predicted octanol–water partition coefficient (Wildman–Crippen LogP) is 1.17. The Kier molecular flexibility index (Phi) is 5.22. The van der Waals surface area contributed by atoms with Crippen LogP contribution in [0.15, 0.2) is 18.3 Å². The van der Waals surface area contributed by atoms with Crippen molar-refractivity contribution in [3.05, 3.63) is 23.9 Å². The van der Waals surface area contributed by atoms with Crippen molar-refractivity contribution in [1.82, 2.24) is 4.98 Å². The Morgan fingerprint density at radius 2 is 2.06 bits per heavy atom. The normalized spacial score (nSPS) is 10.8. The predicted molar refractivity (Wildman–Crippen MR) is 64.3 cm³/mol. The molecule has 0 radical (unpaired) electrons. The number of pyridine rings is 1. The summed E-state index contributed by atoms with van der Waals surface area (Å²) in [6.07, 6.45) is 2.42. The van der Waals surface area contributed by atoms with Gasteiger partial charge in [0.2, 0.25) is 0 Å². The van der Waals surface area contributed by atoms with Crippen molar-refractivity contribution in [2.75, 3.05) is 18.1 Å². The fourth-order valence-electron chi connectivity index (χ4n) is 1.56. The molecule has 0 unspecified atom stereocenters. The van der Waals surface area contributed by atoms with Crippen molar-refractivity contribution < 1.29 is 10.2 Å². The summed E-state index contributed by atoms with van der Waals surface area (Å²) in [7, 11) is 0. The first-order valence-electron chi connectivity index (χ1n) is 5.62. The minimum atomic E-state index is 0.0194. The molecule has 0 spiro atoms. The van der Waals surface area contributed by atoms with Gasteiger partial charge < -0.3 is 15.1 Å². The Morgan fingerprint density at radius 3 is 2.50 bits per heavy atom. The van der Waals surface area contributed by atoms with Crippen LogP contribution in [0, 0.1) is 0 Å². The van der Waals surface area contributed by atoms with E-state index in [1.165, 1.54) is 0 Å². The lowest BCUT2D eigenvalue weighted by molar-refractivity contribution is 0.281. The minimum Gasteiger partial charge on any atom is -0.396 e. The number of aliphatic hydroxyl groups is 2. The van der Waals surface area contributed by atoms with E-state index >= 15 is 0 Å². The van der Waals surface area contributed by atoms with Crippen LogP contribution in [0.1, 0.15) is 25.8 Å². The van der Waals surface area contributed by atoms with Gasteiger partial charge in [-0.2, -0.15) is 0 Å². The molecule has 0 amide bonds. The molecular weight excluding hydrogens is 204 g/mol. The van der Waals surface area contributed by atoms with Gasteiger partial charge in [0.15, 0.2) is 0 Å². The fraction of sp³-hybridized carbons (Fsp3) is 0.583. The van der Waals surface area contributed by atoms with Gasteiger partial charge in [-0.25, -0.2) is 4.98 Å². The quantitative estimate of drug-likeness (QED) is 0.761. The molecule has 16 heavy (non-hydrogen) atoms. The highest BCUT2D eigenvalue weighted by atomic mass is 16.3. The fourth-order valence-corrected chi connectivity index (χ4v) is 1.56. The molecule has 0 aliphatic rings. The van der Waals surface area contributed by atoms with Crippen LogP contribution in [0.2, 0.25) is 0 Å². The van der Waals surface area contributed by atoms with Crippen molar-refractivity contribution in [2.45, 2.75) is 32.9 Å². The van der Waals surface area contributed by atoms with Crippen molar-refractivity contribution >= 4 is 5.82 Å². The molecule has 0 atom stereocenters. The zero-order valence-corrected chi connectivity index (χ0v) is 9.93. The van der Waals surface area contributed by atoms with E-state index in [2.05, 4.69) is 23.7 Å². The average Bonchev–Trinajstić information content (AvgIpc) is 2.30. The van der Waals surface area contributed by atoms with E-state index in [1.54, 1.807) is 6.20 Å². The number of anilines is 1. The summed E-state index contributed by atoms with van der Waals surface area (Å²) in [6, 6.07) is 4.12. The van der Waals surface area contributed by atoms with Crippen LogP contribution in [0.5, 0.6) is 0 Å². The molecule has 4 nitrogen and oxygen atoms in total. The van der Waals surface area contributed by atoms with Crippen LogP contribution < -0.4 is 4.90 Å². The smallest absolute Gasteiger partial charge is 0.128 e. The van der Waals surface area contributed by atoms with Gasteiger partial charge >= 0.3 is 0 Å². The first-order valence-corrected chi connectivity index (χ1v) is 5.62. The van der Waals surface area contributed by atoms with Crippen LogP contribution in [0.3, 0.4) is 0 Å². The maximum Gasteiger partial charge on any atom is 0.128 e. The highest BCUT2D eigenvalue weighted by Crippen LogP contribution is 2.14. The lowest BCUT2D eigenvalue weighted by Gasteiger charge is -2.27. The van der Waals surface area contributed by atoms with E-state index in [9.17, 15) is 0 Å². The van der Waals surface area contributed by atoms with E-state index in [4.69, 9.17) is 10.2 Å². The molecule has 1 aromatic rings. The highest BCUT2D eigenvalue weighted by Gasteiger charge is 2.10. The van der Waals surface area contributed by atoms with Crippen molar-refractivity contribution in [3.63, 3.8) is 0 Å². The lowest BCUT2D eigenvalue weighted by atomic mass is 10.2. The van der Waals surface area contributed by atoms with Gasteiger partial charge in [-0.15, -0.1) is 0 Å². The summed E-state index contributed by atoms with van der Waals surface area (Å²) in [5.74, 6) is 0.889. The zero-order chi connectivity index (χ0) is 12.0. The molecule has 4 heteroatoms. The van der Waals surface area contributed by atoms with Gasteiger partial charge in [0, 0.05) is 25.4 Å². The lowest BCUT2D eigenvalue weighted by Crippen LogP contribution is -2.32. The van der Waals surface area contributed by atoms with Crippen molar-refractivity contribution in [2.24, 2.45) is 0 Å². The summed E-state index contributed by atoms with van der Waals surface area (Å²) in [5, 5.41) is 17.8. The highest BCUT2D eigenvalue weighted by molar-refractivity contribution is 5.40. The third-order valence-electron chi connectivity index (χ3n) is 2.47. The summed E-state index contributed by atoms with van der Waals surface area (Å²) in [6.45, 7) is 5.20. The van der Waals surface area contributed by atoms with Gasteiger partial charge in [-0.1, -0.05) is 6.07 Å². The summed E-state index contributed by atoms with van der Waals surface area (Å²) < 4.78 is 0. The summed E-state index contributed by atoms with van der Waals surface area (Å²) in [5.41, 5.74) is 0.814. The molecule has 90 valence electrons. The maximum absolute atomic E-state index is 8.93. The SMILES string of the molecule is CC(C)N(CCCO)c1ccc(CO)cn1. The largest absolute Gasteiger partial charge is 0.396 e. The summed E-state index contributed by atoms with van der Waals surface area (Å²) in [4.78, 5) is 6.44. The van der Waals surface area contributed by atoms with E-state index in [-0.39, 0.29) is 13.2 Å². The average molecular weight is 224 g/mol. The number of nitrogens with zero attached hydrogens (tertiary/aromatic N) is 2. The molecule has 1 aromatic heterocycles. The Hall–Kier alpha value is -1.13. The minimum absolute atomic E-state index is 0.0194. The maximum atomic E-state index is 8.93. The molecule has 0 saturated carbocycles. The van der Waals surface area contributed by atoms with Gasteiger partial charge in [-0.3, -0.25) is 0 Å². The van der Waals surface area contributed by atoms with E-state index < -0.39 is 0 Å². The molecule has 0 saturated heterocycles. The second-order valence-electron chi connectivity index (χ2n) is 4.05. The molecule has 2 N–H and O–H groups in total. The number of rotatable bonds is 6. The first-order chi connectivity index (χ1) is 7.69. The molecule has 1 rings (SSSR count).